The monoisotopic (exact) mass is 1290 g/mol. The zero-order valence-electron chi connectivity index (χ0n) is 56.1. The zero-order chi connectivity index (χ0) is 67.0. The van der Waals surface area contributed by atoms with E-state index in [-0.39, 0.29) is 12.1 Å². The van der Waals surface area contributed by atoms with Gasteiger partial charge in [-0.1, -0.05) is 312 Å². The lowest BCUT2D eigenvalue weighted by Gasteiger charge is -2.46. The summed E-state index contributed by atoms with van der Waals surface area (Å²) in [5.74, 6) is 0. The molecule has 4 heterocycles. The summed E-state index contributed by atoms with van der Waals surface area (Å²) in [4.78, 5) is 5.35. The van der Waals surface area contributed by atoms with Crippen LogP contribution >= 0.6 is 0 Å². The molecule has 0 saturated carbocycles. The highest BCUT2D eigenvalue weighted by atomic mass is 16.3. The van der Waals surface area contributed by atoms with Crippen molar-refractivity contribution in [1.82, 2.24) is 0 Å². The third kappa shape index (κ3) is 9.23. The molecule has 2 aliphatic heterocycles. The molecule has 101 heavy (non-hydrogen) atoms. The van der Waals surface area contributed by atoms with Crippen molar-refractivity contribution in [2.45, 2.75) is 26.2 Å². The molecule has 0 radical (unpaired) electrons. The minimum absolute atomic E-state index is 0.257. The lowest BCUT2D eigenvalue weighted by molar-refractivity contribution is 0.590. The molecule has 0 atom stereocenters. The molecule has 0 spiro atoms. The number of hydrogen-bond acceptors (Lipinski definition) is 4. The van der Waals surface area contributed by atoms with Gasteiger partial charge in [0.2, 0.25) is 0 Å². The molecule has 20 rings (SSSR count). The van der Waals surface area contributed by atoms with Gasteiger partial charge in [0.15, 0.2) is 0 Å². The summed E-state index contributed by atoms with van der Waals surface area (Å²) in [6, 6.07) is 126. The van der Waals surface area contributed by atoms with Crippen LogP contribution in [0.15, 0.2) is 349 Å². The lowest BCUT2D eigenvalue weighted by Crippen LogP contribution is -2.61. The quantitative estimate of drug-likeness (QED) is 0.107. The van der Waals surface area contributed by atoms with Crippen LogP contribution in [0.4, 0.5) is 34.1 Å². The molecule has 0 fully saturated rings. The summed E-state index contributed by atoms with van der Waals surface area (Å²) >= 11 is 0. The van der Waals surface area contributed by atoms with E-state index in [9.17, 15) is 0 Å². The van der Waals surface area contributed by atoms with Gasteiger partial charge in [-0.15, -0.1) is 0 Å². The van der Waals surface area contributed by atoms with Crippen LogP contribution in [-0.4, -0.2) is 6.71 Å². The largest absolute Gasteiger partial charge is 0.456 e. The van der Waals surface area contributed by atoms with Gasteiger partial charge in [-0.2, -0.15) is 0 Å². The first-order chi connectivity index (χ1) is 49.8. The molecule has 2 aromatic heterocycles. The van der Waals surface area contributed by atoms with Crippen LogP contribution in [-0.2, 0) is 5.41 Å². The van der Waals surface area contributed by atoms with Crippen molar-refractivity contribution in [3.63, 3.8) is 0 Å². The summed E-state index contributed by atoms with van der Waals surface area (Å²) in [6.07, 6.45) is 0. The summed E-state index contributed by atoms with van der Waals surface area (Å²) in [7, 11) is 0. The first-order valence-corrected chi connectivity index (χ1v) is 35.1. The Labute approximate surface area is 587 Å². The Kier molecular flexibility index (Phi) is 13.3. The van der Waals surface area contributed by atoms with Gasteiger partial charge < -0.3 is 18.6 Å². The second-order valence-electron chi connectivity index (χ2n) is 28.1. The van der Waals surface area contributed by atoms with Crippen molar-refractivity contribution in [3.05, 3.63) is 345 Å². The van der Waals surface area contributed by atoms with E-state index in [0.29, 0.717) is 0 Å². The Hall–Kier alpha value is -12.7. The van der Waals surface area contributed by atoms with Gasteiger partial charge >= 0.3 is 0 Å². The minimum Gasteiger partial charge on any atom is -0.456 e. The van der Waals surface area contributed by atoms with Crippen LogP contribution in [0.25, 0.3) is 143 Å². The van der Waals surface area contributed by atoms with Crippen LogP contribution in [0.2, 0.25) is 0 Å². The summed E-state index contributed by atoms with van der Waals surface area (Å²) < 4.78 is 13.4. The molecule has 5 heteroatoms. The molecule has 474 valence electrons. The first-order valence-electron chi connectivity index (χ1n) is 35.1. The number of anilines is 6. The van der Waals surface area contributed by atoms with Crippen LogP contribution in [0.1, 0.15) is 26.3 Å². The molecule has 0 unspecified atom stereocenters. The van der Waals surface area contributed by atoms with Crippen LogP contribution in [0, 0.1) is 0 Å². The van der Waals surface area contributed by atoms with Gasteiger partial charge in [0, 0.05) is 77.7 Å². The number of rotatable bonds is 9. The molecular formula is C96H65BN2O2. The number of benzene rings is 16. The SMILES string of the molecule is CC(C)(C)c1cc2c3c(c1)N(c1c(-c4ccccc4)cccc1-c1ccccc1)c1cc(-c4c5ccccc5c(-c5cccc6c5oc5ccccc56)c5ccccc45)ccc1B3c1cc(-c3ccc4oc5ccccc5c4c3)ccc1N2c1c(-c2ccccc2)cccc1-c1ccccc1. The van der Waals surface area contributed by atoms with Crippen molar-refractivity contribution in [1.29, 1.82) is 0 Å². The molecule has 0 aliphatic carbocycles. The Bertz CT molecular complexity index is 6210. The fourth-order valence-electron chi connectivity index (χ4n) is 16.8. The van der Waals surface area contributed by atoms with Crippen LogP contribution in [0.5, 0.6) is 0 Å². The maximum absolute atomic E-state index is 6.90. The molecule has 18 aromatic rings. The Morgan fingerprint density at radius 2 is 0.663 bits per heavy atom. The van der Waals surface area contributed by atoms with Gasteiger partial charge in [0.05, 0.1) is 11.4 Å². The molecule has 0 bridgehead atoms. The number of hydrogen-bond donors (Lipinski definition) is 0. The van der Waals surface area contributed by atoms with Gasteiger partial charge in [-0.05, 0) is 142 Å². The Morgan fingerprint density at radius 1 is 0.257 bits per heavy atom. The molecular weight excluding hydrogens is 1220 g/mol. The number of furan rings is 2. The average molecular weight is 1290 g/mol. The molecule has 0 amide bonds. The minimum atomic E-state index is -0.310. The van der Waals surface area contributed by atoms with E-state index < -0.39 is 0 Å². The fourth-order valence-corrected chi connectivity index (χ4v) is 16.8. The van der Waals surface area contributed by atoms with Crippen LogP contribution < -0.4 is 26.2 Å². The van der Waals surface area contributed by atoms with Crippen LogP contribution in [0.3, 0.4) is 0 Å². The van der Waals surface area contributed by atoms with Gasteiger partial charge in [0.25, 0.3) is 6.71 Å². The predicted molar refractivity (Wildman–Crippen MR) is 427 cm³/mol. The van der Waals surface area contributed by atoms with Gasteiger partial charge in [-0.3, -0.25) is 0 Å². The summed E-state index contributed by atoms with van der Waals surface area (Å²) in [5, 5.41) is 9.09. The van der Waals surface area contributed by atoms with E-state index in [2.05, 4.69) is 370 Å². The summed E-state index contributed by atoms with van der Waals surface area (Å²) in [5.41, 5.74) is 30.8. The number of fused-ring (bicyclic) bond motifs is 12. The highest BCUT2D eigenvalue weighted by Crippen LogP contribution is 2.55. The highest BCUT2D eigenvalue weighted by molar-refractivity contribution is 7.00. The summed E-state index contributed by atoms with van der Waals surface area (Å²) in [6.45, 7) is 6.87. The van der Waals surface area contributed by atoms with Crippen molar-refractivity contribution in [2.24, 2.45) is 0 Å². The highest BCUT2D eigenvalue weighted by Gasteiger charge is 2.46. The number of nitrogens with zero attached hydrogens (tertiary/aromatic N) is 2. The third-order valence-electron chi connectivity index (χ3n) is 21.4. The molecule has 2 aliphatic rings. The van der Waals surface area contributed by atoms with E-state index in [4.69, 9.17) is 8.83 Å². The molecule has 0 N–H and O–H groups in total. The van der Waals surface area contributed by atoms with E-state index in [0.717, 1.165) is 161 Å². The average Bonchev–Trinajstić information content (AvgIpc) is 0.833. The molecule has 16 aromatic carbocycles. The molecule has 0 saturated heterocycles. The lowest BCUT2D eigenvalue weighted by atomic mass is 9.33. The van der Waals surface area contributed by atoms with E-state index in [1.54, 1.807) is 0 Å². The van der Waals surface area contributed by atoms with Crippen molar-refractivity contribution in [3.8, 4) is 77.9 Å². The zero-order valence-corrected chi connectivity index (χ0v) is 56.1. The first kappa shape index (κ1) is 58.5. The predicted octanol–water partition coefficient (Wildman–Crippen LogP) is 24.8. The maximum Gasteiger partial charge on any atom is 0.252 e. The topological polar surface area (TPSA) is 32.8 Å². The number of para-hydroxylation sites is 5. The molecule has 4 nitrogen and oxygen atoms in total. The Morgan fingerprint density at radius 3 is 1.20 bits per heavy atom. The second-order valence-corrected chi connectivity index (χ2v) is 28.1. The normalized spacial score (nSPS) is 12.6. The third-order valence-corrected chi connectivity index (χ3v) is 21.4. The standard InChI is InChI=1S/C96H65BN2O2/c1-96(2,3)67-58-85-92-86(59-67)99(94-70(62-31-12-6-13-32-62)43-25-44-71(94)63-33-14-7-15-34-63)84-57-66(90-74-37-16-18-39-76(74)91(77-40-19-17-38-75(77)90)79-46-26-45-78-72-35-20-23-48-88(72)101-95(78)79)49-52-81(84)97(92)82-56-65(64-51-54-89-80(55-64)73-36-21-22-47-87(73)100-89)50-53-83(82)98(85)93-68(60-27-8-4-9-28-60)41-24-42-69(93)61-29-10-5-11-30-61/h4-59H,1-3H3. The fraction of sp³-hybridized carbons (Fsp3) is 0.0417. The van der Waals surface area contributed by atoms with E-state index >= 15 is 0 Å². The van der Waals surface area contributed by atoms with Crippen molar-refractivity contribution in [2.75, 3.05) is 9.80 Å². The smallest absolute Gasteiger partial charge is 0.252 e. The van der Waals surface area contributed by atoms with Crippen molar-refractivity contribution < 1.29 is 8.83 Å². The second kappa shape index (κ2) is 23.0. The Balaban J connectivity index is 0.928. The van der Waals surface area contributed by atoms with E-state index in [1.807, 2.05) is 0 Å². The van der Waals surface area contributed by atoms with E-state index in [1.165, 1.54) is 38.3 Å². The van der Waals surface area contributed by atoms with Gasteiger partial charge in [-0.25, -0.2) is 0 Å². The van der Waals surface area contributed by atoms with Crippen molar-refractivity contribution >= 4 is 123 Å². The maximum atomic E-state index is 6.90. The van der Waals surface area contributed by atoms with Gasteiger partial charge in [0.1, 0.15) is 22.3 Å².